The van der Waals surface area contributed by atoms with Crippen LogP contribution in [0, 0.1) is 5.92 Å². The smallest absolute Gasteiger partial charge is 0.382 e. The maximum Gasteiger partial charge on any atom is 0.416 e. The third kappa shape index (κ3) is 2.65. The fourth-order valence-corrected chi connectivity index (χ4v) is 16.1. The van der Waals surface area contributed by atoms with Crippen molar-refractivity contribution in [3.05, 3.63) is 92.9 Å². The highest BCUT2D eigenvalue weighted by molar-refractivity contribution is 6.63. The molecule has 0 bridgehead atoms. The van der Waals surface area contributed by atoms with Gasteiger partial charge in [-0.15, -0.1) is 0 Å². The Morgan fingerprint density at radius 2 is 1.20 bits per heavy atom. The second-order valence-corrected chi connectivity index (χ2v) is 19.3. The quantitative estimate of drug-likeness (QED) is 0.119. The molecule has 1 heterocycles. The van der Waals surface area contributed by atoms with Crippen LogP contribution in [0.5, 0.6) is 0 Å². The molecule has 3 nitrogen and oxygen atoms in total. The Morgan fingerprint density at radius 3 is 1.90 bits per heavy atom. The normalized spacial score (nSPS) is 23.0. The summed E-state index contributed by atoms with van der Waals surface area (Å²) < 4.78 is 54.0. The van der Waals surface area contributed by atoms with Crippen molar-refractivity contribution < 1.29 is 22.6 Å². The first kappa shape index (κ1) is 29.6. The van der Waals surface area contributed by atoms with Crippen molar-refractivity contribution in [1.29, 1.82) is 0 Å². The van der Waals surface area contributed by atoms with E-state index in [1.807, 2.05) is 0 Å². The first-order valence-corrected chi connectivity index (χ1v) is 21.4. The molecule has 0 N–H and O–H groups in total. The molecule has 5 aliphatic rings. The molecule has 1 fully saturated rings. The molecule has 4 aliphatic carbocycles. The number of hydrogen-bond donors (Lipinski definition) is 0. The van der Waals surface area contributed by atoms with Crippen LogP contribution in [0.25, 0.3) is 130 Å². The van der Waals surface area contributed by atoms with Gasteiger partial charge in [0.2, 0.25) is 0 Å². The minimum Gasteiger partial charge on any atom is -0.382 e. The molecule has 0 amide bonds. The fourth-order valence-electron chi connectivity index (χ4n) is 16.1. The summed E-state index contributed by atoms with van der Waals surface area (Å²) in [5, 5.41) is 35.3. The van der Waals surface area contributed by atoms with Gasteiger partial charge in [-0.1, -0.05) is 35.4 Å². The van der Waals surface area contributed by atoms with Crippen LogP contribution in [-0.4, -0.2) is 44.9 Å². The van der Waals surface area contributed by atoms with Crippen molar-refractivity contribution in [2.75, 3.05) is 40.0 Å². The molecule has 18 rings (SSSR count). The largest absolute Gasteiger partial charge is 0.416 e. The number of nitrogens with zero attached hydrogens (tertiary/aromatic N) is 1. The molecule has 6 heteroatoms. The molecule has 3 atom stereocenters. The molecule has 3 unspecified atom stereocenters. The van der Waals surface area contributed by atoms with Gasteiger partial charge in [0, 0.05) is 37.6 Å². The number of halogens is 3. The number of rotatable bonds is 7. The highest BCUT2D eigenvalue weighted by atomic mass is 19.4. The first-order valence-electron chi connectivity index (χ1n) is 21.4. The summed E-state index contributed by atoms with van der Waals surface area (Å²) in [6.45, 7) is 3.14. The average Bonchev–Trinajstić information content (AvgIpc) is 4.08. The maximum absolute atomic E-state index is 14.2. The van der Waals surface area contributed by atoms with Gasteiger partial charge in [-0.2, -0.15) is 13.2 Å². The molecule has 0 saturated carbocycles. The number of hydrogen-bond acceptors (Lipinski definition) is 3. The Hall–Kier alpha value is -5.53. The Morgan fingerprint density at radius 1 is 0.610 bits per heavy atom. The van der Waals surface area contributed by atoms with Gasteiger partial charge in [-0.25, -0.2) is 0 Å². The molecule has 0 radical (unpaired) electrons. The van der Waals surface area contributed by atoms with Gasteiger partial charge in [0.05, 0.1) is 25.4 Å². The lowest BCUT2D eigenvalue weighted by Gasteiger charge is -2.43. The molecule has 280 valence electrons. The minimum atomic E-state index is -4.40. The summed E-state index contributed by atoms with van der Waals surface area (Å²) in [5.41, 5.74) is 7.63. The van der Waals surface area contributed by atoms with Crippen molar-refractivity contribution >= 4 is 130 Å². The lowest BCUT2D eigenvalue weighted by molar-refractivity contribution is -0.137. The summed E-state index contributed by atoms with van der Waals surface area (Å²) >= 11 is 0. The van der Waals surface area contributed by atoms with Crippen LogP contribution in [0.4, 0.5) is 13.2 Å². The van der Waals surface area contributed by atoms with Gasteiger partial charge in [0.1, 0.15) is 0 Å². The Labute approximate surface area is 331 Å². The monoisotopic (exact) mass is 769 g/mol. The predicted octanol–water partition coefficient (Wildman–Crippen LogP) is 10.7. The van der Waals surface area contributed by atoms with E-state index in [4.69, 9.17) is 9.47 Å². The zero-order valence-corrected chi connectivity index (χ0v) is 31.9. The molecule has 13 aromatic rings. The predicted molar refractivity (Wildman–Crippen MR) is 231 cm³/mol. The van der Waals surface area contributed by atoms with Gasteiger partial charge in [0.15, 0.2) is 0 Å². The maximum atomic E-state index is 14.2. The number of ether oxygens (including phenoxy) is 2. The van der Waals surface area contributed by atoms with Gasteiger partial charge in [-0.3, -0.25) is 4.90 Å². The summed E-state index contributed by atoms with van der Waals surface area (Å²) in [7, 11) is 1.69. The average molecular weight is 770 g/mol. The highest BCUT2D eigenvalue weighted by Gasteiger charge is 2.62. The van der Waals surface area contributed by atoms with Crippen LogP contribution < -0.4 is 10.4 Å². The zero-order valence-electron chi connectivity index (χ0n) is 31.9. The Kier molecular flexibility index (Phi) is 4.30. The molecule has 1 saturated heterocycles. The van der Waals surface area contributed by atoms with Crippen LogP contribution in [0.2, 0.25) is 0 Å². The van der Waals surface area contributed by atoms with Crippen molar-refractivity contribution in [3.8, 4) is 0 Å². The molecule has 0 aromatic heterocycles. The van der Waals surface area contributed by atoms with E-state index >= 15 is 0 Å². The summed E-state index contributed by atoms with van der Waals surface area (Å²) in [5.74, 6) is 0.213. The molecule has 13 aromatic carbocycles. The SMILES string of the molecule is COCCOCCN1CC2C3=c4c5c6c7c(cc8cc9cc%10cc%11cc%12c%13c(c4c4c5c5c7c8c7c9c%10c8c%11c%13c4c8c75)=C(C3)C%12)CC62C1c1ccc(C(F)(F)F)cc1. The number of methoxy groups -OCH3 is 1. The van der Waals surface area contributed by atoms with Crippen LogP contribution in [0.3, 0.4) is 0 Å². The van der Waals surface area contributed by atoms with Crippen molar-refractivity contribution in [2.45, 2.75) is 36.9 Å². The fraction of sp³-hybridized carbons (Fsp3) is 0.245. The lowest BCUT2D eigenvalue weighted by atomic mass is 9.60. The van der Waals surface area contributed by atoms with Crippen LogP contribution in [-0.2, 0) is 33.9 Å². The second-order valence-electron chi connectivity index (χ2n) is 19.3. The molecule has 59 heavy (non-hydrogen) atoms. The van der Waals surface area contributed by atoms with Gasteiger partial charge in [-0.05, 0) is 201 Å². The van der Waals surface area contributed by atoms with Gasteiger partial charge < -0.3 is 9.47 Å². The molecule has 1 aliphatic heterocycles. The summed E-state index contributed by atoms with van der Waals surface area (Å²) in [6, 6.07) is 18.8. The van der Waals surface area contributed by atoms with E-state index in [0.717, 1.165) is 31.4 Å². The van der Waals surface area contributed by atoms with E-state index in [-0.39, 0.29) is 17.4 Å². The first-order chi connectivity index (χ1) is 28.9. The highest BCUT2D eigenvalue weighted by Crippen LogP contribution is 2.70. The van der Waals surface area contributed by atoms with E-state index < -0.39 is 11.7 Å². The minimum absolute atomic E-state index is 0.115. The van der Waals surface area contributed by atoms with E-state index in [1.54, 1.807) is 35.6 Å². The van der Waals surface area contributed by atoms with E-state index in [1.165, 1.54) is 153 Å². The van der Waals surface area contributed by atoms with Crippen LogP contribution in [0.1, 0.15) is 40.3 Å². The van der Waals surface area contributed by atoms with E-state index in [9.17, 15) is 13.2 Å². The Balaban J connectivity index is 1.08. The van der Waals surface area contributed by atoms with Crippen LogP contribution in [0.15, 0.2) is 54.6 Å². The van der Waals surface area contributed by atoms with Crippen molar-refractivity contribution in [1.82, 2.24) is 4.90 Å². The number of benzene rings is 9. The summed E-state index contributed by atoms with van der Waals surface area (Å²) in [4.78, 5) is 2.61. The third-order valence-corrected chi connectivity index (χ3v) is 17.4. The molecular weight excluding hydrogens is 740 g/mol. The number of alkyl halides is 3. The topological polar surface area (TPSA) is 21.7 Å². The standard InChI is InChI=1S/C53H30F3NO2/c1-58-8-9-59-7-6-57-18-29-28-16-25-14-22-12-23-11-20-10-21-13-24-15-26-17-52(29,51(57)19-2-4-27(5-3-19)53(54,55)56)50-36(26)41-35(24)40-31(21)30(20)38-34(23)39-32(22)33(25)42-37(28)49(50)48-46(41)44(40)43(38)45(39)47(42)48/h2-5,10-13,15,29,51H,6-9,14,16-18H2,1H3. The lowest BCUT2D eigenvalue weighted by Crippen LogP contribution is -2.44. The van der Waals surface area contributed by atoms with Gasteiger partial charge >= 0.3 is 6.18 Å². The van der Waals surface area contributed by atoms with Crippen molar-refractivity contribution in [3.63, 3.8) is 0 Å². The second kappa shape index (κ2) is 8.55. The third-order valence-electron chi connectivity index (χ3n) is 17.4. The zero-order chi connectivity index (χ0) is 38.1. The number of fused-ring (bicyclic) bond motifs is 1. The van der Waals surface area contributed by atoms with Crippen LogP contribution >= 0.6 is 0 Å². The molecular formula is C53H30F3NO2. The Bertz CT molecular complexity index is 4200. The van der Waals surface area contributed by atoms with Crippen molar-refractivity contribution in [2.24, 2.45) is 5.92 Å². The number of likely N-dealkylation sites (tertiary alicyclic amines) is 1. The summed E-state index contributed by atoms with van der Waals surface area (Å²) in [6.07, 6.45) is -1.56. The molecule has 1 spiro atoms. The van der Waals surface area contributed by atoms with Gasteiger partial charge in [0.25, 0.3) is 0 Å². The van der Waals surface area contributed by atoms with E-state index in [2.05, 4.69) is 35.2 Å². The van der Waals surface area contributed by atoms with E-state index in [0.29, 0.717) is 26.4 Å².